The van der Waals surface area contributed by atoms with Crippen molar-refractivity contribution < 1.29 is 18.3 Å². The summed E-state index contributed by atoms with van der Waals surface area (Å²) in [4.78, 5) is 11.5. The summed E-state index contributed by atoms with van der Waals surface area (Å²) in [6.07, 6.45) is 2.43. The van der Waals surface area contributed by atoms with E-state index in [1.807, 2.05) is 0 Å². The van der Waals surface area contributed by atoms with Crippen LogP contribution >= 0.6 is 0 Å². The zero-order chi connectivity index (χ0) is 15.5. The van der Waals surface area contributed by atoms with Crippen LogP contribution in [-0.4, -0.2) is 38.6 Å². The smallest absolute Gasteiger partial charge is 0.251 e. The SMILES string of the molecule is CNC(=O)c1ccc(S(=O)(=O)N[C@H]2CCCC[C@@H]2O)cc1. The first kappa shape index (κ1) is 15.9. The number of sulfonamides is 1. The third kappa shape index (κ3) is 3.81. The summed E-state index contributed by atoms with van der Waals surface area (Å²) in [5.74, 6) is -0.269. The van der Waals surface area contributed by atoms with Crippen LogP contribution in [0.25, 0.3) is 0 Å². The molecule has 116 valence electrons. The quantitative estimate of drug-likeness (QED) is 0.760. The minimum atomic E-state index is -3.68. The summed E-state index contributed by atoms with van der Waals surface area (Å²) in [6, 6.07) is 5.27. The molecule has 7 heteroatoms. The Labute approximate surface area is 124 Å². The van der Waals surface area contributed by atoms with Crippen molar-refractivity contribution in [1.29, 1.82) is 0 Å². The zero-order valence-electron chi connectivity index (χ0n) is 11.9. The molecule has 0 bridgehead atoms. The monoisotopic (exact) mass is 312 g/mol. The molecule has 21 heavy (non-hydrogen) atoms. The fraction of sp³-hybridized carbons (Fsp3) is 0.500. The van der Waals surface area contributed by atoms with E-state index in [0.29, 0.717) is 18.4 Å². The topological polar surface area (TPSA) is 95.5 Å². The van der Waals surface area contributed by atoms with E-state index in [1.54, 1.807) is 0 Å². The molecule has 1 aromatic carbocycles. The van der Waals surface area contributed by atoms with Gasteiger partial charge in [0.1, 0.15) is 0 Å². The Kier molecular flexibility index (Phi) is 4.97. The van der Waals surface area contributed by atoms with Crippen LogP contribution in [0.5, 0.6) is 0 Å². The first-order chi connectivity index (χ1) is 9.94. The summed E-state index contributed by atoms with van der Waals surface area (Å²) in [5, 5.41) is 12.3. The van der Waals surface area contributed by atoms with Gasteiger partial charge < -0.3 is 10.4 Å². The number of aliphatic hydroxyl groups is 1. The number of aliphatic hydroxyl groups excluding tert-OH is 1. The van der Waals surface area contributed by atoms with Crippen molar-refractivity contribution in [1.82, 2.24) is 10.0 Å². The van der Waals surface area contributed by atoms with Crippen LogP contribution in [0.15, 0.2) is 29.2 Å². The van der Waals surface area contributed by atoms with Crippen LogP contribution < -0.4 is 10.0 Å². The highest BCUT2D eigenvalue weighted by molar-refractivity contribution is 7.89. The Hall–Kier alpha value is -1.44. The van der Waals surface area contributed by atoms with E-state index < -0.39 is 22.2 Å². The average Bonchev–Trinajstić information content (AvgIpc) is 2.49. The van der Waals surface area contributed by atoms with Crippen LogP contribution in [-0.2, 0) is 10.0 Å². The van der Waals surface area contributed by atoms with E-state index in [4.69, 9.17) is 0 Å². The maximum Gasteiger partial charge on any atom is 0.251 e. The Bertz CT molecular complexity index is 598. The van der Waals surface area contributed by atoms with Crippen LogP contribution in [0.1, 0.15) is 36.0 Å². The Morgan fingerprint density at radius 3 is 2.38 bits per heavy atom. The molecule has 1 fully saturated rings. The Morgan fingerprint density at radius 1 is 1.19 bits per heavy atom. The summed E-state index contributed by atoms with van der Waals surface area (Å²) >= 11 is 0. The molecule has 0 unspecified atom stereocenters. The van der Waals surface area contributed by atoms with E-state index in [9.17, 15) is 18.3 Å². The van der Waals surface area contributed by atoms with Gasteiger partial charge in [-0.2, -0.15) is 0 Å². The molecule has 2 atom stereocenters. The summed E-state index contributed by atoms with van der Waals surface area (Å²) < 4.78 is 27.1. The molecule has 1 aliphatic rings. The Balaban J connectivity index is 2.13. The van der Waals surface area contributed by atoms with Gasteiger partial charge >= 0.3 is 0 Å². The van der Waals surface area contributed by atoms with E-state index >= 15 is 0 Å². The maximum absolute atomic E-state index is 12.3. The highest BCUT2D eigenvalue weighted by Gasteiger charge is 2.28. The Morgan fingerprint density at radius 2 is 1.81 bits per heavy atom. The van der Waals surface area contributed by atoms with Crippen molar-refractivity contribution in [3.8, 4) is 0 Å². The molecule has 1 aliphatic carbocycles. The van der Waals surface area contributed by atoms with Gasteiger partial charge in [-0.1, -0.05) is 12.8 Å². The van der Waals surface area contributed by atoms with Gasteiger partial charge in [0.2, 0.25) is 10.0 Å². The molecule has 1 saturated carbocycles. The number of carbonyl (C=O) groups is 1. The predicted molar refractivity (Wildman–Crippen MR) is 78.4 cm³/mol. The fourth-order valence-electron chi connectivity index (χ4n) is 2.45. The van der Waals surface area contributed by atoms with E-state index in [-0.39, 0.29) is 10.8 Å². The second kappa shape index (κ2) is 6.55. The molecule has 3 N–H and O–H groups in total. The lowest BCUT2D eigenvalue weighted by Gasteiger charge is -2.28. The minimum absolute atomic E-state index is 0.0907. The third-order valence-electron chi connectivity index (χ3n) is 3.69. The van der Waals surface area contributed by atoms with Crippen LogP contribution in [0.2, 0.25) is 0 Å². The maximum atomic E-state index is 12.3. The van der Waals surface area contributed by atoms with Crippen molar-refractivity contribution in [2.45, 2.75) is 42.7 Å². The van der Waals surface area contributed by atoms with Crippen molar-refractivity contribution >= 4 is 15.9 Å². The number of carbonyl (C=O) groups excluding carboxylic acids is 1. The van der Waals surface area contributed by atoms with Gasteiger partial charge in [-0.25, -0.2) is 13.1 Å². The van der Waals surface area contributed by atoms with Gasteiger partial charge in [0, 0.05) is 18.7 Å². The number of benzene rings is 1. The summed E-state index contributed by atoms with van der Waals surface area (Å²) in [5.41, 5.74) is 0.397. The molecule has 0 aliphatic heterocycles. The van der Waals surface area contributed by atoms with Gasteiger partial charge in [-0.3, -0.25) is 4.79 Å². The fourth-order valence-corrected chi connectivity index (χ4v) is 3.75. The summed E-state index contributed by atoms with van der Waals surface area (Å²) in [6.45, 7) is 0. The molecule has 0 aromatic heterocycles. The third-order valence-corrected chi connectivity index (χ3v) is 5.20. The number of amides is 1. The molecule has 0 spiro atoms. The largest absolute Gasteiger partial charge is 0.391 e. The van der Waals surface area contributed by atoms with Gasteiger partial charge in [-0.15, -0.1) is 0 Å². The van der Waals surface area contributed by atoms with E-state index in [0.717, 1.165) is 12.8 Å². The summed E-state index contributed by atoms with van der Waals surface area (Å²) in [7, 11) is -2.17. The van der Waals surface area contributed by atoms with Crippen molar-refractivity contribution in [2.24, 2.45) is 0 Å². The minimum Gasteiger partial charge on any atom is -0.391 e. The molecule has 1 amide bonds. The van der Waals surface area contributed by atoms with E-state index in [1.165, 1.54) is 31.3 Å². The molecular formula is C14H20N2O4S. The van der Waals surface area contributed by atoms with Gasteiger partial charge in [0.15, 0.2) is 0 Å². The lowest BCUT2D eigenvalue weighted by Crippen LogP contribution is -2.44. The average molecular weight is 312 g/mol. The molecule has 0 radical (unpaired) electrons. The van der Waals surface area contributed by atoms with Crippen LogP contribution in [0.4, 0.5) is 0 Å². The molecule has 0 heterocycles. The van der Waals surface area contributed by atoms with Gasteiger partial charge in [0.25, 0.3) is 5.91 Å². The molecule has 0 saturated heterocycles. The van der Waals surface area contributed by atoms with Crippen molar-refractivity contribution in [3.63, 3.8) is 0 Å². The van der Waals surface area contributed by atoms with Crippen molar-refractivity contribution in [3.05, 3.63) is 29.8 Å². The number of hydrogen-bond acceptors (Lipinski definition) is 4. The predicted octanol–water partition coefficient (Wildman–Crippen LogP) is 0.628. The second-order valence-corrected chi connectivity index (χ2v) is 6.90. The number of rotatable bonds is 4. The van der Waals surface area contributed by atoms with Crippen LogP contribution in [0, 0.1) is 0 Å². The highest BCUT2D eigenvalue weighted by Crippen LogP contribution is 2.20. The van der Waals surface area contributed by atoms with Crippen molar-refractivity contribution in [2.75, 3.05) is 7.05 Å². The van der Waals surface area contributed by atoms with Crippen LogP contribution in [0.3, 0.4) is 0 Å². The molecular weight excluding hydrogens is 292 g/mol. The second-order valence-electron chi connectivity index (χ2n) is 5.18. The molecule has 2 rings (SSSR count). The zero-order valence-corrected chi connectivity index (χ0v) is 12.7. The molecule has 1 aromatic rings. The number of hydrogen-bond donors (Lipinski definition) is 3. The normalized spacial score (nSPS) is 22.8. The number of nitrogens with one attached hydrogen (secondary N) is 2. The molecule has 6 nitrogen and oxygen atoms in total. The van der Waals surface area contributed by atoms with Gasteiger partial charge in [0.05, 0.1) is 11.0 Å². The first-order valence-corrected chi connectivity index (χ1v) is 8.45. The lowest BCUT2D eigenvalue weighted by atomic mass is 9.93. The lowest BCUT2D eigenvalue weighted by molar-refractivity contribution is 0.0963. The van der Waals surface area contributed by atoms with Gasteiger partial charge in [-0.05, 0) is 37.1 Å². The highest BCUT2D eigenvalue weighted by atomic mass is 32.2. The first-order valence-electron chi connectivity index (χ1n) is 6.96. The standard InChI is InChI=1S/C14H20N2O4S/c1-15-14(18)10-6-8-11(9-7-10)21(19,20)16-12-4-2-3-5-13(12)17/h6-9,12-13,16-17H,2-5H2,1H3,(H,15,18)/t12-,13-/m0/s1. The van der Waals surface area contributed by atoms with E-state index in [2.05, 4.69) is 10.0 Å².